The van der Waals surface area contributed by atoms with E-state index in [1.807, 2.05) is 0 Å². The van der Waals surface area contributed by atoms with Gasteiger partial charge in [0, 0.05) is 6.42 Å². The molecule has 3 rings (SSSR count). The molecule has 0 saturated heterocycles. The van der Waals surface area contributed by atoms with E-state index in [2.05, 4.69) is 5.16 Å². The highest BCUT2D eigenvalue weighted by atomic mass is 16.7. The fourth-order valence-electron chi connectivity index (χ4n) is 2.07. The number of hydrogen-bond acceptors (Lipinski definition) is 6. The largest absolute Gasteiger partial charge is 0.369 e. The minimum atomic E-state index is -0.859. The minimum absolute atomic E-state index is 0.0917. The summed E-state index contributed by atoms with van der Waals surface area (Å²) in [5.41, 5.74) is 0.502. The third-order valence-corrected chi connectivity index (χ3v) is 3.12. The molecule has 21 heavy (non-hydrogen) atoms. The summed E-state index contributed by atoms with van der Waals surface area (Å²) < 4.78 is 4.88. The average Bonchev–Trinajstić information content (AvgIpc) is 3.07. The molecule has 0 unspecified atom stereocenters. The van der Waals surface area contributed by atoms with E-state index in [1.54, 1.807) is 19.1 Å². The van der Waals surface area contributed by atoms with E-state index in [4.69, 9.17) is 9.36 Å². The Kier molecular flexibility index (Phi) is 3.02. The predicted octanol–water partition coefficient (Wildman–Crippen LogP) is 1.60. The molecule has 0 bridgehead atoms. The molecule has 0 N–H and O–H groups in total. The highest BCUT2D eigenvalue weighted by molar-refractivity contribution is 6.21. The number of imide groups is 1. The summed E-state index contributed by atoms with van der Waals surface area (Å²) >= 11 is 0. The second-order valence-corrected chi connectivity index (χ2v) is 4.35. The number of amides is 2. The number of hydrogen-bond donors (Lipinski definition) is 0. The van der Waals surface area contributed by atoms with Crippen molar-refractivity contribution < 1.29 is 23.7 Å². The summed E-state index contributed by atoms with van der Waals surface area (Å²) in [5, 5.41) is 3.96. The van der Waals surface area contributed by atoms with Crippen molar-refractivity contribution in [2.24, 2.45) is 0 Å². The number of aryl methyl sites for hydroxylation is 1. The molecule has 2 aromatic rings. The topological polar surface area (TPSA) is 89.7 Å². The van der Waals surface area contributed by atoms with Crippen LogP contribution in [0.1, 0.15) is 43.8 Å². The van der Waals surface area contributed by atoms with Crippen LogP contribution < -0.4 is 0 Å². The maximum atomic E-state index is 12.1. The minimum Gasteiger partial charge on any atom is -0.361 e. The Morgan fingerprint density at radius 3 is 2.43 bits per heavy atom. The van der Waals surface area contributed by atoms with E-state index >= 15 is 0 Å². The average molecular weight is 286 g/mol. The molecule has 0 radical (unpaired) electrons. The molecule has 0 atom stereocenters. The van der Waals surface area contributed by atoms with Crippen molar-refractivity contribution in [3.05, 3.63) is 52.9 Å². The number of fused-ring (bicyclic) bond motifs is 1. The van der Waals surface area contributed by atoms with Gasteiger partial charge >= 0.3 is 5.97 Å². The van der Waals surface area contributed by atoms with Crippen molar-refractivity contribution in [3.8, 4) is 0 Å². The van der Waals surface area contributed by atoms with Crippen molar-refractivity contribution in [1.82, 2.24) is 10.2 Å². The van der Waals surface area contributed by atoms with Crippen LogP contribution in [0.15, 0.2) is 35.0 Å². The van der Waals surface area contributed by atoms with Crippen molar-refractivity contribution in [2.45, 2.75) is 13.3 Å². The zero-order valence-electron chi connectivity index (χ0n) is 11.0. The molecule has 0 aliphatic carbocycles. The quantitative estimate of drug-likeness (QED) is 0.796. The van der Waals surface area contributed by atoms with Crippen LogP contribution in [-0.2, 0) is 11.3 Å². The highest BCUT2D eigenvalue weighted by Crippen LogP contribution is 2.23. The Morgan fingerprint density at radius 1 is 1.24 bits per heavy atom. The monoisotopic (exact) mass is 286 g/mol. The molecular formula is C14H10N2O5. The van der Waals surface area contributed by atoms with E-state index in [-0.39, 0.29) is 16.7 Å². The number of rotatable bonds is 3. The maximum Gasteiger partial charge on any atom is 0.369 e. The lowest BCUT2D eigenvalue weighted by atomic mass is 10.1. The number of hydroxylamine groups is 2. The van der Waals surface area contributed by atoms with Crippen LogP contribution in [0.4, 0.5) is 0 Å². The van der Waals surface area contributed by atoms with Gasteiger partial charge in [0.15, 0.2) is 5.76 Å². The van der Waals surface area contributed by atoms with Crippen molar-refractivity contribution in [1.29, 1.82) is 0 Å². The fraction of sp³-hybridized carbons (Fsp3) is 0.143. The van der Waals surface area contributed by atoms with Crippen LogP contribution in [0, 0.1) is 0 Å². The molecule has 0 saturated carbocycles. The van der Waals surface area contributed by atoms with Gasteiger partial charge in [-0.05, 0) is 12.1 Å². The predicted molar refractivity (Wildman–Crippen MR) is 68.2 cm³/mol. The van der Waals surface area contributed by atoms with Crippen LogP contribution in [-0.4, -0.2) is 28.0 Å². The molecule has 2 amide bonds. The Hall–Kier alpha value is -2.96. The van der Waals surface area contributed by atoms with Gasteiger partial charge in [0.25, 0.3) is 11.8 Å². The molecule has 1 aromatic heterocycles. The molecular weight excluding hydrogens is 276 g/mol. The molecule has 106 valence electrons. The number of carbonyl (C=O) groups excluding carboxylic acids is 3. The van der Waals surface area contributed by atoms with Crippen LogP contribution in [0.2, 0.25) is 0 Å². The summed E-state index contributed by atoms with van der Waals surface area (Å²) in [6, 6.07) is 6.26. The van der Waals surface area contributed by atoms with Crippen LogP contribution in [0.25, 0.3) is 0 Å². The first-order valence-electron chi connectivity index (χ1n) is 6.27. The molecule has 0 spiro atoms. The van der Waals surface area contributed by atoms with E-state index in [0.29, 0.717) is 17.2 Å². The van der Waals surface area contributed by atoms with Crippen molar-refractivity contribution in [3.63, 3.8) is 0 Å². The standard InChI is InChI=1S/C14H10N2O5/c1-2-11-10(7-15-20-11)14(19)21-16-12(17)8-5-3-4-6-9(8)13(16)18/h3-7H,2H2,1H3. The zero-order valence-corrected chi connectivity index (χ0v) is 11.0. The molecule has 1 aromatic carbocycles. The molecule has 1 aliphatic rings. The summed E-state index contributed by atoms with van der Waals surface area (Å²) in [6.07, 6.45) is 1.63. The third kappa shape index (κ3) is 1.99. The van der Waals surface area contributed by atoms with E-state index in [0.717, 1.165) is 0 Å². The molecule has 7 nitrogen and oxygen atoms in total. The van der Waals surface area contributed by atoms with Gasteiger partial charge in [-0.2, -0.15) is 0 Å². The van der Waals surface area contributed by atoms with Crippen LogP contribution in [0.5, 0.6) is 0 Å². The van der Waals surface area contributed by atoms with Crippen molar-refractivity contribution in [2.75, 3.05) is 0 Å². The first kappa shape index (κ1) is 13.0. The third-order valence-electron chi connectivity index (χ3n) is 3.12. The summed E-state index contributed by atoms with van der Waals surface area (Å²) in [6.45, 7) is 1.78. The second-order valence-electron chi connectivity index (χ2n) is 4.35. The lowest BCUT2D eigenvalue weighted by Gasteiger charge is -2.11. The van der Waals surface area contributed by atoms with Gasteiger partial charge in [0.2, 0.25) is 0 Å². The lowest BCUT2D eigenvalue weighted by Crippen LogP contribution is -2.32. The second kappa shape index (κ2) is 4.86. The van der Waals surface area contributed by atoms with Gasteiger partial charge in [0.05, 0.1) is 17.3 Å². The normalized spacial score (nSPS) is 13.5. The van der Waals surface area contributed by atoms with Crippen LogP contribution >= 0.6 is 0 Å². The number of benzene rings is 1. The Balaban J connectivity index is 1.86. The maximum absolute atomic E-state index is 12.1. The van der Waals surface area contributed by atoms with Crippen molar-refractivity contribution >= 4 is 17.8 Å². The summed E-state index contributed by atoms with van der Waals surface area (Å²) in [7, 11) is 0. The van der Waals surface area contributed by atoms with Crippen LogP contribution in [0.3, 0.4) is 0 Å². The SMILES string of the molecule is CCc1oncc1C(=O)ON1C(=O)c2ccccc2C1=O. The Labute approximate surface area is 119 Å². The molecule has 0 fully saturated rings. The summed E-state index contributed by atoms with van der Waals surface area (Å²) in [5.74, 6) is -1.86. The van der Waals surface area contributed by atoms with E-state index in [9.17, 15) is 14.4 Å². The molecule has 7 heteroatoms. The van der Waals surface area contributed by atoms with E-state index in [1.165, 1.54) is 18.3 Å². The van der Waals surface area contributed by atoms with Gasteiger partial charge in [0.1, 0.15) is 5.56 Å². The zero-order chi connectivity index (χ0) is 15.0. The number of nitrogens with zero attached hydrogens (tertiary/aromatic N) is 2. The first-order chi connectivity index (χ1) is 10.1. The number of aromatic nitrogens is 1. The Morgan fingerprint density at radius 2 is 1.86 bits per heavy atom. The Bertz CT molecular complexity index is 714. The molecule has 1 aliphatic heterocycles. The van der Waals surface area contributed by atoms with Gasteiger partial charge in [-0.3, -0.25) is 9.59 Å². The lowest BCUT2D eigenvalue weighted by molar-refractivity contribution is -0.0585. The van der Waals surface area contributed by atoms with Gasteiger partial charge in [-0.25, -0.2) is 4.79 Å². The number of carbonyl (C=O) groups is 3. The summed E-state index contributed by atoms with van der Waals surface area (Å²) in [4.78, 5) is 41.0. The van der Waals surface area contributed by atoms with Gasteiger partial charge < -0.3 is 9.36 Å². The van der Waals surface area contributed by atoms with E-state index < -0.39 is 17.8 Å². The first-order valence-corrected chi connectivity index (χ1v) is 6.27. The highest BCUT2D eigenvalue weighted by Gasteiger charge is 2.39. The van der Waals surface area contributed by atoms with Gasteiger partial charge in [-0.1, -0.05) is 29.3 Å². The smallest absolute Gasteiger partial charge is 0.361 e. The van der Waals surface area contributed by atoms with Gasteiger partial charge in [-0.15, -0.1) is 0 Å². The molecule has 2 heterocycles. The fourth-order valence-corrected chi connectivity index (χ4v) is 2.07.